The normalized spacial score (nSPS) is 15.1. The maximum Gasteiger partial charge on any atom is 0.241 e. The van der Waals surface area contributed by atoms with Crippen LogP contribution in [0.25, 0.3) is 6.08 Å². The minimum atomic E-state index is -0.482. The van der Waals surface area contributed by atoms with E-state index in [9.17, 15) is 9.59 Å². The fourth-order valence-electron chi connectivity index (χ4n) is 1.93. The van der Waals surface area contributed by atoms with Crippen molar-refractivity contribution in [2.75, 3.05) is 0 Å². The summed E-state index contributed by atoms with van der Waals surface area (Å²) in [6, 6.07) is 5.68. The number of rotatable bonds is 2. The number of carbonyl (C=O) groups is 2. The fourth-order valence-corrected chi connectivity index (χ4v) is 1.93. The lowest BCUT2D eigenvalue weighted by Crippen LogP contribution is -2.10. The quantitative estimate of drug-likeness (QED) is 0.763. The van der Waals surface area contributed by atoms with Gasteiger partial charge in [-0.3, -0.25) is 9.59 Å². The third kappa shape index (κ3) is 2.19. The highest BCUT2D eigenvalue weighted by atomic mass is 16.1. The molecule has 0 atom stereocenters. The average molecular weight is 215 g/mol. The topological polar surface area (TPSA) is 60.2 Å². The molecule has 0 heterocycles. The smallest absolute Gasteiger partial charge is 0.241 e. The Balaban J connectivity index is 2.34. The molecule has 16 heavy (non-hydrogen) atoms. The monoisotopic (exact) mass is 215 g/mol. The summed E-state index contributed by atoms with van der Waals surface area (Å²) in [4.78, 5) is 22.3. The zero-order valence-corrected chi connectivity index (χ0v) is 8.90. The minimum absolute atomic E-state index is 0.190. The lowest BCUT2D eigenvalue weighted by Gasteiger charge is -2.14. The number of primary amides is 1. The summed E-state index contributed by atoms with van der Waals surface area (Å²) < 4.78 is 0. The van der Waals surface area contributed by atoms with Gasteiger partial charge < -0.3 is 5.73 Å². The Morgan fingerprint density at radius 1 is 1.31 bits per heavy atom. The molecular formula is C13H13NO2. The number of amides is 1. The van der Waals surface area contributed by atoms with Gasteiger partial charge in [0.05, 0.1) is 0 Å². The second kappa shape index (κ2) is 4.31. The maximum atomic E-state index is 11.7. The van der Waals surface area contributed by atoms with Crippen molar-refractivity contribution in [1.29, 1.82) is 0 Å². The molecule has 1 aliphatic carbocycles. The van der Waals surface area contributed by atoms with Gasteiger partial charge in [0.2, 0.25) is 5.91 Å². The minimum Gasteiger partial charge on any atom is -0.366 e. The number of Topliss-reactive ketones (excluding diaryl/α,β-unsaturated/α-hetero) is 1. The van der Waals surface area contributed by atoms with Crippen molar-refractivity contribution in [2.24, 2.45) is 5.73 Å². The molecule has 0 saturated heterocycles. The Kier molecular flexibility index (Phi) is 2.86. The van der Waals surface area contributed by atoms with Crippen LogP contribution in [0, 0.1) is 0 Å². The summed E-state index contributed by atoms with van der Waals surface area (Å²) in [7, 11) is 0. The molecule has 1 aliphatic rings. The molecule has 82 valence electrons. The van der Waals surface area contributed by atoms with Crippen molar-refractivity contribution >= 4 is 17.8 Å². The Hall–Kier alpha value is -1.90. The van der Waals surface area contributed by atoms with Crippen molar-refractivity contribution < 1.29 is 9.59 Å². The second-order valence-electron chi connectivity index (χ2n) is 3.93. The van der Waals surface area contributed by atoms with Crippen molar-refractivity contribution in [1.82, 2.24) is 0 Å². The van der Waals surface area contributed by atoms with Crippen LogP contribution in [-0.2, 0) is 11.2 Å². The van der Waals surface area contributed by atoms with Crippen LogP contribution in [-0.4, -0.2) is 11.7 Å². The third-order valence-corrected chi connectivity index (χ3v) is 2.72. The molecular weight excluding hydrogens is 202 g/mol. The van der Waals surface area contributed by atoms with E-state index in [4.69, 9.17) is 5.73 Å². The highest BCUT2D eigenvalue weighted by molar-refractivity contribution is 5.99. The van der Waals surface area contributed by atoms with E-state index in [0.717, 1.165) is 29.5 Å². The molecule has 0 radical (unpaired) electrons. The Morgan fingerprint density at radius 2 is 2.12 bits per heavy atom. The fraction of sp³-hybridized carbons (Fsp3) is 0.231. The van der Waals surface area contributed by atoms with Crippen LogP contribution in [0.2, 0.25) is 0 Å². The summed E-state index contributed by atoms with van der Waals surface area (Å²) in [5, 5.41) is 0. The second-order valence-corrected chi connectivity index (χ2v) is 3.93. The summed E-state index contributed by atoms with van der Waals surface area (Å²) in [6.45, 7) is 0. The predicted molar refractivity (Wildman–Crippen MR) is 61.9 cm³/mol. The van der Waals surface area contributed by atoms with Gasteiger partial charge in [0.15, 0.2) is 5.78 Å². The zero-order chi connectivity index (χ0) is 11.5. The van der Waals surface area contributed by atoms with E-state index < -0.39 is 5.91 Å². The first kappa shape index (κ1) is 10.6. The van der Waals surface area contributed by atoms with Gasteiger partial charge in [-0.25, -0.2) is 0 Å². The molecule has 3 heteroatoms. The molecule has 2 N–H and O–H groups in total. The van der Waals surface area contributed by atoms with E-state index in [1.54, 1.807) is 6.08 Å². The number of benzene rings is 1. The Morgan fingerprint density at radius 3 is 2.88 bits per heavy atom. The van der Waals surface area contributed by atoms with Gasteiger partial charge in [0.1, 0.15) is 0 Å². The zero-order valence-electron chi connectivity index (χ0n) is 8.90. The van der Waals surface area contributed by atoms with Crippen LogP contribution in [0.3, 0.4) is 0 Å². The van der Waals surface area contributed by atoms with E-state index in [2.05, 4.69) is 0 Å². The molecule has 0 aromatic heterocycles. The van der Waals surface area contributed by atoms with Crippen LogP contribution in [0.4, 0.5) is 0 Å². The lowest BCUT2D eigenvalue weighted by molar-refractivity contribution is -0.113. The number of aryl methyl sites for hydroxylation is 1. The molecule has 0 bridgehead atoms. The van der Waals surface area contributed by atoms with Crippen LogP contribution < -0.4 is 5.73 Å². The number of hydrogen-bond acceptors (Lipinski definition) is 2. The number of nitrogens with two attached hydrogens (primary N) is 1. The van der Waals surface area contributed by atoms with E-state index >= 15 is 0 Å². The highest BCUT2D eigenvalue weighted by Gasteiger charge is 2.16. The Labute approximate surface area is 94.0 Å². The standard InChI is InChI=1S/C13H13NO2/c14-13(16)7-5-9-4-6-10-2-1-3-12(15)11(10)8-9/h4-8H,1-3H2,(H2,14,16). The number of carbonyl (C=O) groups excluding carboxylic acids is 2. The molecule has 0 fully saturated rings. The molecule has 0 saturated carbocycles. The lowest BCUT2D eigenvalue weighted by atomic mass is 9.89. The summed E-state index contributed by atoms with van der Waals surface area (Å²) >= 11 is 0. The summed E-state index contributed by atoms with van der Waals surface area (Å²) in [6.07, 6.45) is 5.44. The van der Waals surface area contributed by atoms with Gasteiger partial charge in [-0.15, -0.1) is 0 Å². The third-order valence-electron chi connectivity index (χ3n) is 2.72. The SMILES string of the molecule is NC(=O)C=Cc1ccc2c(c1)C(=O)CCC2. The molecule has 0 aliphatic heterocycles. The molecule has 2 rings (SSSR count). The molecule has 1 aromatic carbocycles. The van der Waals surface area contributed by atoms with Gasteiger partial charge in [-0.05, 0) is 36.1 Å². The van der Waals surface area contributed by atoms with Gasteiger partial charge in [-0.2, -0.15) is 0 Å². The molecule has 0 spiro atoms. The highest BCUT2D eigenvalue weighted by Crippen LogP contribution is 2.22. The number of ketones is 1. The van der Waals surface area contributed by atoms with Crippen molar-refractivity contribution in [3.8, 4) is 0 Å². The van der Waals surface area contributed by atoms with Crippen molar-refractivity contribution in [3.63, 3.8) is 0 Å². The van der Waals surface area contributed by atoms with Gasteiger partial charge in [0, 0.05) is 18.1 Å². The predicted octanol–water partition coefficient (Wildman–Crippen LogP) is 1.70. The average Bonchev–Trinajstić information content (AvgIpc) is 2.27. The van der Waals surface area contributed by atoms with E-state index in [1.807, 2.05) is 18.2 Å². The number of fused-ring (bicyclic) bond motifs is 1. The van der Waals surface area contributed by atoms with E-state index in [-0.39, 0.29) is 5.78 Å². The van der Waals surface area contributed by atoms with Gasteiger partial charge in [-0.1, -0.05) is 12.1 Å². The molecule has 1 aromatic rings. The van der Waals surface area contributed by atoms with Crippen LogP contribution in [0.1, 0.15) is 34.3 Å². The molecule has 1 amide bonds. The van der Waals surface area contributed by atoms with E-state index in [1.165, 1.54) is 6.08 Å². The Bertz CT molecular complexity index is 475. The first-order valence-electron chi connectivity index (χ1n) is 5.30. The van der Waals surface area contributed by atoms with Crippen LogP contribution >= 0.6 is 0 Å². The van der Waals surface area contributed by atoms with Crippen molar-refractivity contribution in [3.05, 3.63) is 41.0 Å². The van der Waals surface area contributed by atoms with E-state index in [0.29, 0.717) is 6.42 Å². The van der Waals surface area contributed by atoms with Gasteiger partial charge in [0.25, 0.3) is 0 Å². The summed E-state index contributed by atoms with van der Waals surface area (Å²) in [5.41, 5.74) is 7.75. The van der Waals surface area contributed by atoms with Gasteiger partial charge >= 0.3 is 0 Å². The first-order valence-corrected chi connectivity index (χ1v) is 5.30. The first-order chi connectivity index (χ1) is 7.66. The summed E-state index contributed by atoms with van der Waals surface area (Å²) in [5.74, 6) is -0.292. The van der Waals surface area contributed by atoms with Crippen LogP contribution in [0.15, 0.2) is 24.3 Å². The molecule has 3 nitrogen and oxygen atoms in total. The van der Waals surface area contributed by atoms with Crippen LogP contribution in [0.5, 0.6) is 0 Å². The maximum absolute atomic E-state index is 11.7. The largest absolute Gasteiger partial charge is 0.366 e. The molecule has 0 unspecified atom stereocenters. The van der Waals surface area contributed by atoms with Crippen molar-refractivity contribution in [2.45, 2.75) is 19.3 Å². The number of hydrogen-bond donors (Lipinski definition) is 1.